The zero-order chi connectivity index (χ0) is 19.5. The van der Waals surface area contributed by atoms with Gasteiger partial charge in [0.05, 0.1) is 25.1 Å². The highest BCUT2D eigenvalue weighted by molar-refractivity contribution is 5.95. The second kappa shape index (κ2) is 8.34. The average Bonchev–Trinajstić information content (AvgIpc) is 2.71. The summed E-state index contributed by atoms with van der Waals surface area (Å²) in [7, 11) is 0. The van der Waals surface area contributed by atoms with E-state index in [1.54, 1.807) is 23.2 Å². The number of hydrogen-bond donors (Lipinski definition) is 3. The number of carbonyl (C=O) groups excluding carboxylic acids is 1. The molecule has 0 aromatic carbocycles. The molecule has 3 heterocycles. The number of morpholine rings is 1. The molecule has 9 heteroatoms. The maximum atomic E-state index is 14.5. The molecule has 1 amide bonds. The number of allylic oxidation sites excluding steroid dienone is 1. The molecule has 0 radical (unpaired) electrons. The number of anilines is 1. The number of aromatic nitrogens is 1. The fourth-order valence-corrected chi connectivity index (χ4v) is 3.74. The van der Waals surface area contributed by atoms with Crippen LogP contribution < -0.4 is 21.3 Å². The molecule has 1 aromatic rings. The summed E-state index contributed by atoms with van der Waals surface area (Å²) in [6, 6.07) is 4.00. The largest absolute Gasteiger partial charge is 0.370 e. The number of nitrogens with two attached hydrogens (primary N) is 1. The van der Waals surface area contributed by atoms with Gasteiger partial charge in [-0.25, -0.2) is 9.37 Å². The van der Waals surface area contributed by atoms with Crippen molar-refractivity contribution in [2.75, 3.05) is 24.7 Å². The summed E-state index contributed by atoms with van der Waals surface area (Å²) in [4.78, 5) is 22.1. The number of nitrogens with one attached hydrogen (secondary N) is 2. The molecule has 4 N–H and O–H groups in total. The Balaban J connectivity index is 1.48. The van der Waals surface area contributed by atoms with Crippen molar-refractivity contribution in [3.8, 4) is 0 Å². The van der Waals surface area contributed by atoms with E-state index in [0.717, 1.165) is 25.7 Å². The average molecular weight is 388 g/mol. The summed E-state index contributed by atoms with van der Waals surface area (Å²) in [6.07, 6.45) is 6.32. The number of halogens is 1. The van der Waals surface area contributed by atoms with Crippen LogP contribution in [0.15, 0.2) is 29.1 Å². The predicted octanol–water partition coefficient (Wildman–Crippen LogP) is 0.900. The first-order chi connectivity index (χ1) is 13.6. The van der Waals surface area contributed by atoms with E-state index in [0.29, 0.717) is 36.3 Å². The highest BCUT2D eigenvalue weighted by atomic mass is 19.1. The Morgan fingerprint density at radius 2 is 2.14 bits per heavy atom. The molecule has 28 heavy (non-hydrogen) atoms. The van der Waals surface area contributed by atoms with Gasteiger partial charge in [-0.1, -0.05) is 0 Å². The van der Waals surface area contributed by atoms with Gasteiger partial charge in [0, 0.05) is 23.8 Å². The van der Waals surface area contributed by atoms with Crippen LogP contribution in [0.2, 0.25) is 0 Å². The second-order valence-electron chi connectivity index (χ2n) is 7.33. The number of pyridine rings is 1. The lowest BCUT2D eigenvalue weighted by Gasteiger charge is -2.31. The number of carbonyl (C=O) groups is 1. The molecule has 2 aliphatic heterocycles. The van der Waals surface area contributed by atoms with Crippen molar-refractivity contribution < 1.29 is 13.9 Å². The summed E-state index contributed by atoms with van der Waals surface area (Å²) in [6.45, 7) is 0.918. The first-order valence-corrected chi connectivity index (χ1v) is 9.66. The van der Waals surface area contributed by atoms with Crippen LogP contribution in [0.5, 0.6) is 0 Å². The fourth-order valence-electron chi connectivity index (χ4n) is 3.74. The van der Waals surface area contributed by atoms with Gasteiger partial charge in [-0.15, -0.1) is 0 Å². The number of nitrogens with zero attached hydrogens (tertiary/aromatic N) is 3. The molecule has 1 unspecified atom stereocenters. The van der Waals surface area contributed by atoms with Crippen LogP contribution in [-0.4, -0.2) is 55.2 Å². The van der Waals surface area contributed by atoms with Crippen LogP contribution in [0.1, 0.15) is 31.2 Å². The third-order valence-corrected chi connectivity index (χ3v) is 5.32. The molecule has 1 saturated carbocycles. The molecule has 0 bridgehead atoms. The lowest BCUT2D eigenvalue weighted by molar-refractivity contribution is -0.125. The zero-order valence-electron chi connectivity index (χ0n) is 15.6. The van der Waals surface area contributed by atoms with Gasteiger partial charge >= 0.3 is 0 Å². The van der Waals surface area contributed by atoms with E-state index in [4.69, 9.17) is 10.5 Å². The monoisotopic (exact) mass is 388 g/mol. The van der Waals surface area contributed by atoms with Crippen molar-refractivity contribution in [3.05, 3.63) is 29.7 Å². The van der Waals surface area contributed by atoms with Crippen molar-refractivity contribution in [1.29, 1.82) is 0 Å². The Kier molecular flexibility index (Phi) is 5.65. The first-order valence-electron chi connectivity index (χ1n) is 9.66. The normalized spacial score (nSPS) is 28.4. The van der Waals surface area contributed by atoms with Crippen molar-refractivity contribution >= 4 is 23.6 Å². The minimum absolute atomic E-state index is 0.0327. The molecule has 3 aliphatic rings. The van der Waals surface area contributed by atoms with E-state index in [-0.39, 0.29) is 18.6 Å². The van der Waals surface area contributed by atoms with E-state index in [1.807, 2.05) is 0 Å². The third kappa shape index (κ3) is 4.21. The van der Waals surface area contributed by atoms with Crippen molar-refractivity contribution in [2.45, 2.75) is 44.1 Å². The SMILES string of the molecule is NC1CCC(NC2N=CC(F)=C(c3ccnc(N4CCOCC4=O)c3)N2)CC1. The molecule has 2 fully saturated rings. The summed E-state index contributed by atoms with van der Waals surface area (Å²) < 4.78 is 19.6. The maximum absolute atomic E-state index is 14.5. The van der Waals surface area contributed by atoms with E-state index in [1.165, 1.54) is 6.21 Å². The minimum Gasteiger partial charge on any atom is -0.370 e. The Morgan fingerprint density at radius 3 is 2.93 bits per heavy atom. The number of amides is 1. The van der Waals surface area contributed by atoms with Gasteiger partial charge in [0.2, 0.25) is 0 Å². The van der Waals surface area contributed by atoms with Gasteiger partial charge in [-0.3, -0.25) is 20.0 Å². The van der Waals surface area contributed by atoms with E-state index < -0.39 is 12.1 Å². The van der Waals surface area contributed by atoms with Gasteiger partial charge in [-0.05, 0) is 37.8 Å². The predicted molar refractivity (Wildman–Crippen MR) is 104 cm³/mol. The molecule has 8 nitrogen and oxygen atoms in total. The fraction of sp³-hybridized carbons (Fsp3) is 0.526. The van der Waals surface area contributed by atoms with Crippen LogP contribution in [0.4, 0.5) is 10.2 Å². The number of ether oxygens (including phenoxy) is 1. The van der Waals surface area contributed by atoms with Crippen LogP contribution in [0, 0.1) is 0 Å². The molecule has 1 atom stereocenters. The third-order valence-electron chi connectivity index (χ3n) is 5.32. The molecule has 1 saturated heterocycles. The Morgan fingerprint density at radius 1 is 1.32 bits per heavy atom. The van der Waals surface area contributed by atoms with Crippen molar-refractivity contribution in [3.63, 3.8) is 0 Å². The second-order valence-corrected chi connectivity index (χ2v) is 7.33. The highest BCUT2D eigenvalue weighted by Gasteiger charge is 2.25. The molecular weight excluding hydrogens is 363 g/mol. The Bertz CT molecular complexity index is 790. The number of hydrogen-bond acceptors (Lipinski definition) is 7. The molecule has 0 spiro atoms. The van der Waals surface area contributed by atoms with Crippen LogP contribution in [0.3, 0.4) is 0 Å². The summed E-state index contributed by atoms with van der Waals surface area (Å²) in [5.41, 5.74) is 6.91. The smallest absolute Gasteiger partial charge is 0.254 e. The number of rotatable bonds is 4. The van der Waals surface area contributed by atoms with E-state index >= 15 is 0 Å². The lowest BCUT2D eigenvalue weighted by Crippen LogP contribution is -2.49. The molecule has 150 valence electrons. The summed E-state index contributed by atoms with van der Waals surface area (Å²) in [5.74, 6) is -0.117. The van der Waals surface area contributed by atoms with E-state index in [9.17, 15) is 9.18 Å². The van der Waals surface area contributed by atoms with Gasteiger partial charge in [0.1, 0.15) is 12.4 Å². The van der Waals surface area contributed by atoms with Gasteiger partial charge < -0.3 is 15.8 Å². The summed E-state index contributed by atoms with van der Waals surface area (Å²) >= 11 is 0. The minimum atomic E-state index is -0.450. The van der Waals surface area contributed by atoms with Crippen LogP contribution in [-0.2, 0) is 9.53 Å². The van der Waals surface area contributed by atoms with Crippen molar-refractivity contribution in [1.82, 2.24) is 15.6 Å². The van der Waals surface area contributed by atoms with Crippen LogP contribution >= 0.6 is 0 Å². The van der Waals surface area contributed by atoms with Gasteiger partial charge in [0.25, 0.3) is 5.91 Å². The Labute approximate surface area is 163 Å². The Hall–Kier alpha value is -2.36. The number of aliphatic imine (C=N–C) groups is 1. The first kappa shape index (κ1) is 19.0. The molecular formula is C19H25FN6O2. The highest BCUT2D eigenvalue weighted by Crippen LogP contribution is 2.24. The standard InChI is InChI=1S/C19H25FN6O2/c20-15-10-23-19(24-14-3-1-13(21)2-4-14)25-18(15)12-5-6-22-16(9-12)26-7-8-28-11-17(26)27/h5-6,9-10,13-14,19,24-25H,1-4,7-8,11,21H2. The molecule has 1 aliphatic carbocycles. The van der Waals surface area contributed by atoms with Crippen LogP contribution in [0.25, 0.3) is 5.70 Å². The molecule has 4 rings (SSSR count). The van der Waals surface area contributed by atoms with E-state index in [2.05, 4.69) is 20.6 Å². The lowest BCUT2D eigenvalue weighted by atomic mass is 9.92. The quantitative estimate of drug-likeness (QED) is 0.708. The maximum Gasteiger partial charge on any atom is 0.254 e. The molecule has 1 aromatic heterocycles. The summed E-state index contributed by atoms with van der Waals surface area (Å²) in [5, 5.41) is 6.55. The van der Waals surface area contributed by atoms with Crippen molar-refractivity contribution in [2.24, 2.45) is 10.7 Å². The van der Waals surface area contributed by atoms with Gasteiger partial charge in [-0.2, -0.15) is 0 Å². The zero-order valence-corrected chi connectivity index (χ0v) is 15.6. The topological polar surface area (TPSA) is 105 Å². The van der Waals surface area contributed by atoms with Gasteiger partial charge in [0.15, 0.2) is 12.1 Å².